The van der Waals surface area contributed by atoms with Gasteiger partial charge in [-0.2, -0.15) is 0 Å². The van der Waals surface area contributed by atoms with Crippen LogP contribution in [0.15, 0.2) is 60.0 Å². The van der Waals surface area contributed by atoms with Crippen molar-refractivity contribution in [3.63, 3.8) is 0 Å². The number of benzene rings is 1. The molecule has 0 amide bonds. The average Bonchev–Trinajstić information content (AvgIpc) is 3.45. The van der Waals surface area contributed by atoms with Crippen LogP contribution in [0.5, 0.6) is 5.75 Å². The fourth-order valence-corrected chi connectivity index (χ4v) is 5.25. The molecule has 0 saturated heterocycles. The number of nitrogens with zero attached hydrogens (tertiary/aromatic N) is 5. The van der Waals surface area contributed by atoms with Crippen molar-refractivity contribution >= 4 is 23.1 Å². The molecule has 1 N–H and O–H groups in total. The highest BCUT2D eigenvalue weighted by atomic mass is 32.2. The molecule has 166 valence electrons. The molecule has 1 fully saturated rings. The van der Waals surface area contributed by atoms with E-state index in [-0.39, 0.29) is 0 Å². The van der Waals surface area contributed by atoms with Gasteiger partial charge in [0.2, 0.25) is 0 Å². The summed E-state index contributed by atoms with van der Waals surface area (Å²) in [6.45, 7) is 0.631. The molecule has 0 atom stereocenters. The van der Waals surface area contributed by atoms with Crippen molar-refractivity contribution in [1.29, 1.82) is 0 Å². The predicted octanol–water partition coefficient (Wildman–Crippen LogP) is 5.34. The fourth-order valence-electron chi connectivity index (χ4n) is 4.34. The van der Waals surface area contributed by atoms with Crippen LogP contribution in [0, 0.1) is 0 Å². The van der Waals surface area contributed by atoms with Crippen LogP contribution >= 0.6 is 11.8 Å². The number of imidazole rings is 1. The highest BCUT2D eigenvalue weighted by molar-refractivity contribution is 7.98. The normalized spacial score (nSPS) is 14.7. The number of thioether (sulfide) groups is 1. The maximum absolute atomic E-state index is 5.34. The minimum Gasteiger partial charge on any atom is -0.497 e. The number of aromatic nitrogens is 5. The van der Waals surface area contributed by atoms with Gasteiger partial charge in [-0.15, -0.1) is 10.2 Å². The molecule has 4 aromatic rings. The van der Waals surface area contributed by atoms with Crippen LogP contribution < -0.4 is 10.1 Å². The maximum atomic E-state index is 5.34. The molecular formula is C24H28N6OS. The van der Waals surface area contributed by atoms with E-state index in [0.717, 1.165) is 39.5 Å². The van der Waals surface area contributed by atoms with Gasteiger partial charge in [-0.1, -0.05) is 43.2 Å². The van der Waals surface area contributed by atoms with E-state index in [0.29, 0.717) is 12.6 Å². The van der Waals surface area contributed by atoms with Crippen LogP contribution in [-0.4, -0.2) is 31.3 Å². The lowest BCUT2D eigenvalue weighted by atomic mass is 9.95. The molecule has 1 aromatic carbocycles. The third kappa shape index (κ3) is 4.60. The van der Waals surface area contributed by atoms with E-state index in [1.165, 1.54) is 32.1 Å². The van der Waals surface area contributed by atoms with Gasteiger partial charge in [0, 0.05) is 35.9 Å². The van der Waals surface area contributed by atoms with Gasteiger partial charge >= 0.3 is 0 Å². The Morgan fingerprint density at radius 3 is 2.84 bits per heavy atom. The van der Waals surface area contributed by atoms with Crippen LogP contribution in [0.2, 0.25) is 0 Å². The second-order valence-electron chi connectivity index (χ2n) is 8.13. The van der Waals surface area contributed by atoms with Gasteiger partial charge in [-0.05, 0) is 37.1 Å². The van der Waals surface area contributed by atoms with Crippen LogP contribution in [-0.2, 0) is 12.3 Å². The molecule has 8 heteroatoms. The summed E-state index contributed by atoms with van der Waals surface area (Å²) in [6.07, 6.45) is 10.3. The zero-order chi connectivity index (χ0) is 21.8. The number of anilines is 1. The second-order valence-corrected chi connectivity index (χ2v) is 9.08. The van der Waals surface area contributed by atoms with Crippen molar-refractivity contribution in [3.8, 4) is 5.75 Å². The first-order valence-electron chi connectivity index (χ1n) is 11.2. The average molecular weight is 449 g/mol. The molecule has 32 heavy (non-hydrogen) atoms. The van der Waals surface area contributed by atoms with Crippen LogP contribution in [0.4, 0.5) is 5.69 Å². The van der Waals surface area contributed by atoms with Gasteiger partial charge in [0.15, 0.2) is 11.0 Å². The monoisotopic (exact) mass is 448 g/mol. The molecule has 0 bridgehead atoms. The molecule has 0 unspecified atom stereocenters. The maximum Gasteiger partial charge on any atom is 0.191 e. The SMILES string of the molecule is COc1cccc(NCc2nnc(SCc3cn4ccccc4n3)n2C2CCCCC2)c1. The molecule has 0 radical (unpaired) electrons. The molecule has 1 aliphatic carbocycles. The Hall–Kier alpha value is -3.00. The minimum atomic E-state index is 0.462. The lowest BCUT2D eigenvalue weighted by Gasteiger charge is -2.25. The van der Waals surface area contributed by atoms with Gasteiger partial charge < -0.3 is 19.0 Å². The Morgan fingerprint density at radius 1 is 1.09 bits per heavy atom. The Morgan fingerprint density at radius 2 is 2.00 bits per heavy atom. The Labute approximate surface area is 192 Å². The highest BCUT2D eigenvalue weighted by Gasteiger charge is 2.23. The van der Waals surface area contributed by atoms with Gasteiger partial charge in [-0.25, -0.2) is 4.98 Å². The second kappa shape index (κ2) is 9.65. The fraction of sp³-hybridized carbons (Fsp3) is 0.375. The summed E-state index contributed by atoms with van der Waals surface area (Å²) >= 11 is 1.72. The molecule has 3 aromatic heterocycles. The lowest BCUT2D eigenvalue weighted by Crippen LogP contribution is -2.18. The smallest absolute Gasteiger partial charge is 0.191 e. The molecule has 5 rings (SSSR count). The van der Waals surface area contributed by atoms with Gasteiger partial charge in [0.1, 0.15) is 11.4 Å². The quantitative estimate of drug-likeness (QED) is 0.367. The van der Waals surface area contributed by atoms with E-state index in [4.69, 9.17) is 9.72 Å². The van der Waals surface area contributed by atoms with Crippen molar-refractivity contribution in [1.82, 2.24) is 24.1 Å². The molecule has 0 aliphatic heterocycles. The number of nitrogens with one attached hydrogen (secondary N) is 1. The first kappa shape index (κ1) is 20.9. The van der Waals surface area contributed by atoms with E-state index in [1.807, 2.05) is 48.7 Å². The van der Waals surface area contributed by atoms with E-state index in [1.54, 1.807) is 18.9 Å². The summed E-state index contributed by atoms with van der Waals surface area (Å²) in [6, 6.07) is 14.5. The predicted molar refractivity (Wildman–Crippen MR) is 127 cm³/mol. The number of ether oxygens (including phenoxy) is 1. The van der Waals surface area contributed by atoms with E-state index in [9.17, 15) is 0 Å². The third-order valence-electron chi connectivity index (χ3n) is 5.96. The summed E-state index contributed by atoms with van der Waals surface area (Å²) in [4.78, 5) is 4.73. The van der Waals surface area contributed by atoms with Crippen molar-refractivity contribution in [2.24, 2.45) is 0 Å². The van der Waals surface area contributed by atoms with Crippen molar-refractivity contribution in [2.75, 3.05) is 12.4 Å². The van der Waals surface area contributed by atoms with Crippen LogP contribution in [0.1, 0.15) is 49.7 Å². The zero-order valence-corrected chi connectivity index (χ0v) is 19.1. The first-order chi connectivity index (χ1) is 15.8. The van der Waals surface area contributed by atoms with Crippen molar-refractivity contribution in [3.05, 3.63) is 66.4 Å². The standard InChI is InChI=1S/C24H28N6OS/c1-31-21-11-7-8-18(14-21)25-15-23-27-28-24(30(23)20-9-3-2-4-10-20)32-17-19-16-29-13-6-5-12-22(29)26-19/h5-8,11-14,16,20,25H,2-4,9-10,15,17H2,1H3. The molecule has 1 saturated carbocycles. The minimum absolute atomic E-state index is 0.462. The Kier molecular flexibility index (Phi) is 6.29. The van der Waals surface area contributed by atoms with Crippen molar-refractivity contribution in [2.45, 2.75) is 55.6 Å². The largest absolute Gasteiger partial charge is 0.497 e. The number of methoxy groups -OCH3 is 1. The molecule has 1 aliphatic rings. The van der Waals surface area contributed by atoms with E-state index in [2.05, 4.69) is 30.7 Å². The number of rotatable bonds is 8. The van der Waals surface area contributed by atoms with Gasteiger partial charge in [-0.3, -0.25) is 0 Å². The van der Waals surface area contributed by atoms with Gasteiger partial charge in [0.25, 0.3) is 0 Å². The summed E-state index contributed by atoms with van der Waals surface area (Å²) < 4.78 is 9.77. The third-order valence-corrected chi connectivity index (χ3v) is 6.94. The Bertz CT molecular complexity index is 1150. The van der Waals surface area contributed by atoms with Gasteiger partial charge in [0.05, 0.1) is 19.3 Å². The number of fused-ring (bicyclic) bond motifs is 1. The summed E-state index contributed by atoms with van der Waals surface area (Å²) in [5, 5.41) is 13.6. The van der Waals surface area contributed by atoms with E-state index >= 15 is 0 Å². The summed E-state index contributed by atoms with van der Waals surface area (Å²) in [7, 11) is 1.69. The Balaban J connectivity index is 1.34. The molecule has 7 nitrogen and oxygen atoms in total. The molecule has 3 heterocycles. The molecular weight excluding hydrogens is 420 g/mol. The first-order valence-corrected chi connectivity index (χ1v) is 12.2. The van der Waals surface area contributed by atoms with Crippen molar-refractivity contribution < 1.29 is 4.74 Å². The highest BCUT2D eigenvalue weighted by Crippen LogP contribution is 2.33. The molecule has 0 spiro atoms. The number of pyridine rings is 1. The summed E-state index contributed by atoms with van der Waals surface area (Å²) in [5.41, 5.74) is 3.04. The number of hydrogen-bond donors (Lipinski definition) is 1. The van der Waals surface area contributed by atoms with Crippen LogP contribution in [0.3, 0.4) is 0 Å². The topological polar surface area (TPSA) is 69.3 Å². The summed E-state index contributed by atoms with van der Waals surface area (Å²) in [5.74, 6) is 2.60. The van der Waals surface area contributed by atoms with E-state index < -0.39 is 0 Å². The van der Waals surface area contributed by atoms with Crippen LogP contribution in [0.25, 0.3) is 5.65 Å². The zero-order valence-electron chi connectivity index (χ0n) is 18.3. The lowest BCUT2D eigenvalue weighted by molar-refractivity contribution is 0.330. The number of hydrogen-bond acceptors (Lipinski definition) is 6.